The summed E-state index contributed by atoms with van der Waals surface area (Å²) >= 11 is 1.61. The van der Waals surface area contributed by atoms with Gasteiger partial charge in [0, 0.05) is 26.6 Å². The predicted molar refractivity (Wildman–Crippen MR) is 112 cm³/mol. The van der Waals surface area contributed by atoms with Gasteiger partial charge in [-0.1, -0.05) is 6.07 Å². The van der Waals surface area contributed by atoms with Crippen molar-refractivity contribution in [2.75, 3.05) is 7.11 Å². The number of carbonyl (C=O) groups is 1. The van der Waals surface area contributed by atoms with E-state index in [1.54, 1.807) is 41.8 Å². The van der Waals surface area contributed by atoms with E-state index < -0.39 is 0 Å². The van der Waals surface area contributed by atoms with E-state index in [1.165, 1.54) is 6.20 Å². The number of ether oxygens (including phenoxy) is 1. The lowest BCUT2D eigenvalue weighted by Gasteiger charge is -2.10. The smallest absolute Gasteiger partial charge is 0.255 e. The zero-order valence-corrected chi connectivity index (χ0v) is 17.7. The van der Waals surface area contributed by atoms with Gasteiger partial charge in [0.05, 0.1) is 53.2 Å². The van der Waals surface area contributed by atoms with E-state index in [0.717, 1.165) is 21.8 Å². The summed E-state index contributed by atoms with van der Waals surface area (Å²) in [6.45, 7) is 2.52. The number of hydrogen-bond acceptors (Lipinski definition) is 7. The second kappa shape index (κ2) is 8.56. The average Bonchev–Trinajstić information content (AvgIpc) is 3.48. The van der Waals surface area contributed by atoms with Gasteiger partial charge in [-0.3, -0.25) is 4.79 Å². The fraction of sp³-hybridized carbons (Fsp3) is 0.250. The highest BCUT2D eigenvalue weighted by atomic mass is 32.1. The number of rotatable bonds is 7. The third kappa shape index (κ3) is 3.87. The van der Waals surface area contributed by atoms with Gasteiger partial charge in [-0.15, -0.1) is 11.3 Å². The molecule has 0 aromatic carbocycles. The van der Waals surface area contributed by atoms with Crippen LogP contribution in [0.3, 0.4) is 0 Å². The van der Waals surface area contributed by atoms with E-state index in [9.17, 15) is 4.79 Å². The second-order valence-corrected chi connectivity index (χ2v) is 7.65. The molecule has 0 spiro atoms. The third-order valence-corrected chi connectivity index (χ3v) is 5.52. The van der Waals surface area contributed by atoms with Crippen molar-refractivity contribution in [1.29, 1.82) is 0 Å². The Labute approximate surface area is 177 Å². The molecule has 0 bridgehead atoms. The van der Waals surface area contributed by atoms with Crippen LogP contribution in [-0.4, -0.2) is 42.3 Å². The molecule has 0 atom stereocenters. The first-order valence-corrected chi connectivity index (χ1v) is 10.1. The number of amides is 1. The lowest BCUT2D eigenvalue weighted by molar-refractivity contribution is 0.0944. The van der Waals surface area contributed by atoms with Crippen molar-refractivity contribution in [3.8, 4) is 16.5 Å². The van der Waals surface area contributed by atoms with Crippen LogP contribution in [0.5, 0.6) is 0 Å². The van der Waals surface area contributed by atoms with Crippen molar-refractivity contribution in [1.82, 2.24) is 34.6 Å². The minimum absolute atomic E-state index is 0.194. The first-order valence-electron chi connectivity index (χ1n) is 9.25. The van der Waals surface area contributed by atoms with E-state index in [1.807, 2.05) is 36.1 Å². The largest absolute Gasteiger partial charge is 0.378 e. The van der Waals surface area contributed by atoms with Crippen LogP contribution in [0.2, 0.25) is 0 Å². The number of nitrogens with one attached hydrogen (secondary N) is 1. The summed E-state index contributed by atoms with van der Waals surface area (Å²) in [6.07, 6.45) is 6.68. The standard InChI is InChI=1S/C20H21N7O2S/c1-13-7-23-20(25-18(13)17-5-4-6-30-17)27-16(11-29-3)15(10-24-27)19(28)22-9-14-8-21-12-26(14)2/h4-8,10,12H,9,11H2,1-3H3,(H,22,28). The maximum Gasteiger partial charge on any atom is 0.255 e. The van der Waals surface area contributed by atoms with Crippen LogP contribution in [0, 0.1) is 6.92 Å². The van der Waals surface area contributed by atoms with E-state index in [-0.39, 0.29) is 12.5 Å². The van der Waals surface area contributed by atoms with Gasteiger partial charge in [-0.25, -0.2) is 15.0 Å². The van der Waals surface area contributed by atoms with Crippen LogP contribution in [-0.2, 0) is 24.9 Å². The number of aryl methyl sites for hydroxylation is 2. The number of hydrogen-bond donors (Lipinski definition) is 1. The molecule has 4 heterocycles. The lowest BCUT2D eigenvalue weighted by Crippen LogP contribution is -2.25. The molecule has 0 unspecified atom stereocenters. The summed E-state index contributed by atoms with van der Waals surface area (Å²) < 4.78 is 8.73. The molecular weight excluding hydrogens is 402 g/mol. The maximum atomic E-state index is 12.8. The molecule has 0 aliphatic heterocycles. The average molecular weight is 424 g/mol. The van der Waals surface area contributed by atoms with Crippen LogP contribution in [0.15, 0.2) is 42.4 Å². The number of methoxy groups -OCH3 is 1. The molecule has 9 nitrogen and oxygen atoms in total. The number of thiophene rings is 1. The summed E-state index contributed by atoms with van der Waals surface area (Å²) in [5.41, 5.74) is 3.71. The molecule has 10 heteroatoms. The molecule has 0 aliphatic carbocycles. The van der Waals surface area contributed by atoms with Crippen molar-refractivity contribution in [3.05, 3.63) is 64.9 Å². The quantitative estimate of drug-likeness (QED) is 0.490. The van der Waals surface area contributed by atoms with Crippen LogP contribution in [0.4, 0.5) is 0 Å². The van der Waals surface area contributed by atoms with E-state index in [0.29, 0.717) is 23.8 Å². The number of nitrogens with zero attached hydrogens (tertiary/aromatic N) is 6. The van der Waals surface area contributed by atoms with Crippen LogP contribution in [0.1, 0.15) is 27.3 Å². The van der Waals surface area contributed by atoms with Crippen LogP contribution in [0.25, 0.3) is 16.5 Å². The molecule has 4 aromatic rings. The minimum atomic E-state index is -0.250. The van der Waals surface area contributed by atoms with E-state index in [2.05, 4.69) is 20.4 Å². The molecular formula is C20H21N7O2S. The van der Waals surface area contributed by atoms with Gasteiger partial charge in [0.2, 0.25) is 0 Å². The van der Waals surface area contributed by atoms with Crippen LogP contribution >= 0.6 is 11.3 Å². The predicted octanol–water partition coefficient (Wildman–Crippen LogP) is 2.51. The molecule has 4 rings (SSSR count). The highest BCUT2D eigenvalue weighted by Crippen LogP contribution is 2.26. The van der Waals surface area contributed by atoms with E-state index in [4.69, 9.17) is 9.72 Å². The van der Waals surface area contributed by atoms with Gasteiger partial charge in [-0.05, 0) is 23.9 Å². The highest BCUT2D eigenvalue weighted by Gasteiger charge is 2.20. The summed E-state index contributed by atoms with van der Waals surface area (Å²) in [6, 6.07) is 4.00. The second-order valence-electron chi connectivity index (χ2n) is 6.71. The zero-order valence-electron chi connectivity index (χ0n) is 16.9. The molecule has 0 radical (unpaired) electrons. The van der Waals surface area contributed by atoms with Gasteiger partial charge in [0.1, 0.15) is 0 Å². The Morgan fingerprint density at radius 2 is 2.17 bits per heavy atom. The summed E-state index contributed by atoms with van der Waals surface area (Å²) in [4.78, 5) is 27.0. The number of imidazole rings is 1. The molecule has 0 saturated heterocycles. The molecule has 0 fully saturated rings. The first kappa shape index (κ1) is 19.9. The summed E-state index contributed by atoms with van der Waals surface area (Å²) in [7, 11) is 3.45. The Balaban J connectivity index is 1.65. The Morgan fingerprint density at radius 1 is 1.30 bits per heavy atom. The normalized spacial score (nSPS) is 11.0. The number of carbonyl (C=O) groups excluding carboxylic acids is 1. The van der Waals surface area contributed by atoms with Crippen LogP contribution < -0.4 is 5.32 Å². The van der Waals surface area contributed by atoms with Gasteiger partial charge in [0.25, 0.3) is 11.9 Å². The van der Waals surface area contributed by atoms with Crippen molar-refractivity contribution in [2.45, 2.75) is 20.1 Å². The molecule has 30 heavy (non-hydrogen) atoms. The Kier molecular flexibility index (Phi) is 5.68. The van der Waals surface area contributed by atoms with Gasteiger partial charge in [0.15, 0.2) is 0 Å². The monoisotopic (exact) mass is 423 g/mol. The fourth-order valence-electron chi connectivity index (χ4n) is 3.03. The molecule has 0 aliphatic rings. The van der Waals surface area contributed by atoms with Crippen molar-refractivity contribution in [3.63, 3.8) is 0 Å². The zero-order chi connectivity index (χ0) is 21.1. The first-order chi connectivity index (χ1) is 14.6. The van der Waals surface area contributed by atoms with Crippen molar-refractivity contribution < 1.29 is 9.53 Å². The minimum Gasteiger partial charge on any atom is -0.378 e. The Morgan fingerprint density at radius 3 is 2.87 bits per heavy atom. The highest BCUT2D eigenvalue weighted by molar-refractivity contribution is 7.13. The van der Waals surface area contributed by atoms with Gasteiger partial charge < -0.3 is 14.6 Å². The number of aromatic nitrogens is 6. The molecule has 1 N–H and O–H groups in total. The Bertz CT molecular complexity index is 1160. The van der Waals surface area contributed by atoms with Gasteiger partial charge in [-0.2, -0.15) is 9.78 Å². The maximum absolute atomic E-state index is 12.8. The molecule has 154 valence electrons. The SMILES string of the molecule is COCc1c(C(=O)NCc2cncn2C)cnn1-c1ncc(C)c(-c2cccs2)n1. The van der Waals surface area contributed by atoms with Crippen molar-refractivity contribution >= 4 is 17.2 Å². The molecule has 0 saturated carbocycles. The molecule has 4 aromatic heterocycles. The summed E-state index contributed by atoms with van der Waals surface area (Å²) in [5.74, 6) is 0.141. The lowest BCUT2D eigenvalue weighted by atomic mass is 10.2. The summed E-state index contributed by atoms with van der Waals surface area (Å²) in [5, 5.41) is 9.28. The third-order valence-electron chi connectivity index (χ3n) is 4.64. The molecule has 1 amide bonds. The topological polar surface area (TPSA) is 99.8 Å². The Hall–Kier alpha value is -3.37. The van der Waals surface area contributed by atoms with E-state index >= 15 is 0 Å². The van der Waals surface area contributed by atoms with Gasteiger partial charge >= 0.3 is 0 Å². The van der Waals surface area contributed by atoms with Crippen molar-refractivity contribution in [2.24, 2.45) is 7.05 Å². The fourth-order valence-corrected chi connectivity index (χ4v) is 3.81.